The summed E-state index contributed by atoms with van der Waals surface area (Å²) in [6, 6.07) is 0. The second-order valence-electron chi connectivity index (χ2n) is 3.99. The number of nitrogens with zero attached hydrogens (tertiary/aromatic N) is 2. The largest absolute Gasteiger partial charge is 0.460 e. The summed E-state index contributed by atoms with van der Waals surface area (Å²) < 4.78 is 4.99. The highest BCUT2D eigenvalue weighted by atomic mass is 16.5. The van der Waals surface area contributed by atoms with Gasteiger partial charge >= 0.3 is 5.97 Å². The van der Waals surface area contributed by atoms with Gasteiger partial charge in [0.1, 0.15) is 0 Å². The molecule has 0 aromatic carbocycles. The molecule has 13 heavy (non-hydrogen) atoms. The molecule has 1 heterocycles. The lowest BCUT2D eigenvalue weighted by Crippen LogP contribution is -2.18. The standard InChI is InChI=1S/C8H13N3O2/c1-8(2,3)5-13-7(12)6-4-9-11-10-6/h4H,5H2,1-3H3,(H,9,10,11). The SMILES string of the molecule is CC(C)(C)COC(=O)c1cn[nH]n1. The minimum absolute atomic E-state index is 0.0284. The molecule has 0 radical (unpaired) electrons. The van der Waals surface area contributed by atoms with Gasteiger partial charge in [-0.3, -0.25) is 0 Å². The van der Waals surface area contributed by atoms with Crippen molar-refractivity contribution in [1.29, 1.82) is 0 Å². The monoisotopic (exact) mass is 183 g/mol. The van der Waals surface area contributed by atoms with E-state index in [-0.39, 0.29) is 11.1 Å². The van der Waals surface area contributed by atoms with Crippen molar-refractivity contribution in [2.24, 2.45) is 5.41 Å². The van der Waals surface area contributed by atoms with Gasteiger partial charge in [-0.25, -0.2) is 4.79 Å². The van der Waals surface area contributed by atoms with Crippen molar-refractivity contribution in [2.45, 2.75) is 20.8 Å². The van der Waals surface area contributed by atoms with E-state index in [0.717, 1.165) is 0 Å². The molecule has 1 aromatic heterocycles. The molecule has 0 aliphatic carbocycles. The Morgan fingerprint density at radius 1 is 1.62 bits per heavy atom. The molecule has 0 atom stereocenters. The first-order valence-electron chi connectivity index (χ1n) is 4.02. The van der Waals surface area contributed by atoms with E-state index in [1.165, 1.54) is 6.20 Å². The molecule has 1 N–H and O–H groups in total. The normalized spacial score (nSPS) is 11.3. The highest BCUT2D eigenvalue weighted by Gasteiger charge is 2.16. The van der Waals surface area contributed by atoms with Crippen LogP contribution in [0, 0.1) is 5.41 Å². The summed E-state index contributed by atoms with van der Waals surface area (Å²) in [5, 5.41) is 9.46. The van der Waals surface area contributed by atoms with E-state index < -0.39 is 5.97 Å². The highest BCUT2D eigenvalue weighted by Crippen LogP contribution is 2.13. The van der Waals surface area contributed by atoms with Crippen LogP contribution in [0.25, 0.3) is 0 Å². The number of nitrogens with one attached hydrogen (secondary N) is 1. The fourth-order valence-corrected chi connectivity index (χ4v) is 0.656. The number of hydrogen-bond acceptors (Lipinski definition) is 4. The van der Waals surface area contributed by atoms with Gasteiger partial charge in [-0.2, -0.15) is 10.3 Å². The zero-order chi connectivity index (χ0) is 9.90. The molecule has 0 saturated carbocycles. The number of H-pyrrole nitrogens is 1. The highest BCUT2D eigenvalue weighted by molar-refractivity contribution is 5.86. The number of aromatic amines is 1. The summed E-state index contributed by atoms with van der Waals surface area (Å²) in [6.45, 7) is 6.34. The molecule has 0 aliphatic heterocycles. The Kier molecular flexibility index (Phi) is 2.65. The van der Waals surface area contributed by atoms with Crippen LogP contribution >= 0.6 is 0 Å². The molecule has 0 unspecified atom stereocenters. The summed E-state index contributed by atoms with van der Waals surface area (Å²) in [4.78, 5) is 11.2. The minimum Gasteiger partial charge on any atom is -0.460 e. The molecule has 72 valence electrons. The van der Waals surface area contributed by atoms with Crippen molar-refractivity contribution in [3.8, 4) is 0 Å². The zero-order valence-corrected chi connectivity index (χ0v) is 8.00. The summed E-state index contributed by atoms with van der Waals surface area (Å²) in [5.41, 5.74) is 0.184. The third kappa shape index (κ3) is 3.23. The molecule has 5 heteroatoms. The maximum atomic E-state index is 11.2. The number of carbonyl (C=O) groups excluding carboxylic acids is 1. The third-order valence-corrected chi connectivity index (χ3v) is 1.26. The van der Waals surface area contributed by atoms with E-state index >= 15 is 0 Å². The van der Waals surface area contributed by atoms with Gasteiger partial charge in [-0.1, -0.05) is 20.8 Å². The summed E-state index contributed by atoms with van der Waals surface area (Å²) in [5.74, 6) is -0.441. The number of aromatic nitrogens is 3. The summed E-state index contributed by atoms with van der Waals surface area (Å²) in [6.07, 6.45) is 1.34. The van der Waals surface area contributed by atoms with Crippen LogP contribution in [0.15, 0.2) is 6.20 Å². The van der Waals surface area contributed by atoms with Crippen LogP contribution in [0.5, 0.6) is 0 Å². The van der Waals surface area contributed by atoms with Gasteiger partial charge in [0.2, 0.25) is 0 Å². The van der Waals surface area contributed by atoms with Crippen LogP contribution in [0.1, 0.15) is 31.3 Å². The van der Waals surface area contributed by atoms with Gasteiger partial charge in [-0.15, -0.1) is 5.10 Å². The number of carbonyl (C=O) groups is 1. The maximum Gasteiger partial charge on any atom is 0.360 e. The molecular weight excluding hydrogens is 170 g/mol. The van der Waals surface area contributed by atoms with E-state index in [0.29, 0.717) is 6.61 Å². The van der Waals surface area contributed by atoms with Gasteiger partial charge in [-0.05, 0) is 5.41 Å². The molecular formula is C8H13N3O2. The number of rotatable bonds is 2. The number of esters is 1. The van der Waals surface area contributed by atoms with E-state index in [4.69, 9.17) is 4.74 Å². The first kappa shape index (κ1) is 9.70. The smallest absolute Gasteiger partial charge is 0.360 e. The van der Waals surface area contributed by atoms with Gasteiger partial charge in [0.25, 0.3) is 0 Å². The lowest BCUT2D eigenvalue weighted by Gasteiger charge is -2.16. The van der Waals surface area contributed by atoms with Crippen LogP contribution in [-0.4, -0.2) is 28.0 Å². The molecule has 0 fully saturated rings. The Balaban J connectivity index is 2.44. The van der Waals surface area contributed by atoms with E-state index in [2.05, 4.69) is 15.4 Å². The zero-order valence-electron chi connectivity index (χ0n) is 8.00. The second kappa shape index (κ2) is 3.55. The van der Waals surface area contributed by atoms with Crippen LogP contribution in [0.3, 0.4) is 0 Å². The van der Waals surface area contributed by atoms with Crippen LogP contribution in [0.2, 0.25) is 0 Å². The van der Waals surface area contributed by atoms with E-state index in [1.54, 1.807) is 0 Å². The average Bonchev–Trinajstić information content (AvgIpc) is 2.50. The van der Waals surface area contributed by atoms with Gasteiger partial charge < -0.3 is 4.74 Å². The number of ether oxygens (including phenoxy) is 1. The lowest BCUT2D eigenvalue weighted by atomic mass is 9.99. The van der Waals surface area contributed by atoms with Gasteiger partial charge in [0.05, 0.1) is 12.8 Å². The quantitative estimate of drug-likeness (QED) is 0.695. The molecule has 1 aromatic rings. The van der Waals surface area contributed by atoms with Crippen LogP contribution in [-0.2, 0) is 4.74 Å². The molecule has 5 nitrogen and oxygen atoms in total. The third-order valence-electron chi connectivity index (χ3n) is 1.26. The van der Waals surface area contributed by atoms with Crippen molar-refractivity contribution in [3.05, 3.63) is 11.9 Å². The Labute approximate surface area is 76.5 Å². The molecule has 1 rings (SSSR count). The fourth-order valence-electron chi connectivity index (χ4n) is 0.656. The van der Waals surface area contributed by atoms with Crippen LogP contribution < -0.4 is 0 Å². The van der Waals surface area contributed by atoms with Crippen molar-refractivity contribution in [1.82, 2.24) is 15.4 Å². The first-order valence-corrected chi connectivity index (χ1v) is 4.02. The first-order chi connectivity index (χ1) is 5.99. The fraction of sp³-hybridized carbons (Fsp3) is 0.625. The topological polar surface area (TPSA) is 67.9 Å². The van der Waals surface area contributed by atoms with Crippen molar-refractivity contribution in [3.63, 3.8) is 0 Å². The Morgan fingerprint density at radius 3 is 2.77 bits per heavy atom. The van der Waals surface area contributed by atoms with Crippen molar-refractivity contribution in [2.75, 3.05) is 6.61 Å². The summed E-state index contributed by atoms with van der Waals surface area (Å²) >= 11 is 0. The Morgan fingerprint density at radius 2 is 2.31 bits per heavy atom. The molecule has 0 amide bonds. The Hall–Kier alpha value is -1.39. The lowest BCUT2D eigenvalue weighted by molar-refractivity contribution is 0.0360. The molecule has 0 aliphatic rings. The van der Waals surface area contributed by atoms with E-state index in [9.17, 15) is 4.79 Å². The van der Waals surface area contributed by atoms with Gasteiger partial charge in [0.15, 0.2) is 5.69 Å². The molecule has 0 spiro atoms. The average molecular weight is 183 g/mol. The second-order valence-corrected chi connectivity index (χ2v) is 3.99. The predicted octanol–water partition coefficient (Wildman–Crippen LogP) is 1.01. The Bertz CT molecular complexity index is 274. The van der Waals surface area contributed by atoms with Gasteiger partial charge in [0, 0.05) is 0 Å². The minimum atomic E-state index is -0.441. The molecule has 0 bridgehead atoms. The summed E-state index contributed by atoms with van der Waals surface area (Å²) in [7, 11) is 0. The molecule has 0 saturated heterocycles. The van der Waals surface area contributed by atoms with Crippen molar-refractivity contribution >= 4 is 5.97 Å². The maximum absolute atomic E-state index is 11.2. The predicted molar refractivity (Wildman–Crippen MR) is 46.1 cm³/mol. The van der Waals surface area contributed by atoms with Crippen molar-refractivity contribution < 1.29 is 9.53 Å². The van der Waals surface area contributed by atoms with E-state index in [1.807, 2.05) is 20.8 Å². The van der Waals surface area contributed by atoms with Crippen LogP contribution in [0.4, 0.5) is 0 Å². The number of hydrogen-bond donors (Lipinski definition) is 1.